The number of hydrogen-bond donors (Lipinski definition) is 0. The van der Waals surface area contributed by atoms with Gasteiger partial charge in [0.2, 0.25) is 5.91 Å². The maximum Gasteiger partial charge on any atom is 0.311 e. The highest BCUT2D eigenvalue weighted by molar-refractivity contribution is 5.82. The summed E-state index contributed by atoms with van der Waals surface area (Å²) in [6, 6.07) is 9.47. The molecule has 0 radical (unpaired) electrons. The first kappa shape index (κ1) is 16.8. The van der Waals surface area contributed by atoms with Crippen molar-refractivity contribution in [3.8, 4) is 5.75 Å². The van der Waals surface area contributed by atoms with Crippen LogP contribution in [0.4, 0.5) is 0 Å². The van der Waals surface area contributed by atoms with Crippen LogP contribution in [0.5, 0.6) is 5.75 Å². The van der Waals surface area contributed by atoms with Crippen molar-refractivity contribution in [1.82, 2.24) is 4.90 Å². The highest BCUT2D eigenvalue weighted by atomic mass is 16.6. The normalized spacial score (nSPS) is 21.9. The average molecular weight is 331 g/mol. The van der Waals surface area contributed by atoms with Crippen LogP contribution in [0.3, 0.4) is 0 Å². The summed E-state index contributed by atoms with van der Waals surface area (Å²) < 4.78 is 11.1. The van der Waals surface area contributed by atoms with Crippen molar-refractivity contribution in [3.63, 3.8) is 0 Å². The molecule has 5 heteroatoms. The van der Waals surface area contributed by atoms with Gasteiger partial charge >= 0.3 is 5.97 Å². The number of rotatable bonds is 6. The summed E-state index contributed by atoms with van der Waals surface area (Å²) in [5, 5.41) is 0. The molecule has 1 aromatic rings. The topological polar surface area (TPSA) is 55.8 Å². The molecule has 0 bridgehead atoms. The molecule has 1 saturated carbocycles. The monoisotopic (exact) mass is 331 g/mol. The summed E-state index contributed by atoms with van der Waals surface area (Å²) in [7, 11) is 0. The van der Waals surface area contributed by atoms with Gasteiger partial charge < -0.3 is 14.4 Å². The Morgan fingerprint density at radius 3 is 2.62 bits per heavy atom. The molecule has 1 saturated heterocycles. The third-order valence-corrected chi connectivity index (χ3v) is 4.54. The Balaban J connectivity index is 1.44. The summed E-state index contributed by atoms with van der Waals surface area (Å²) in [5.74, 6) is 0.762. The van der Waals surface area contributed by atoms with Crippen molar-refractivity contribution in [2.75, 3.05) is 19.7 Å². The lowest BCUT2D eigenvalue weighted by Gasteiger charge is -2.32. The zero-order valence-electron chi connectivity index (χ0n) is 14.1. The zero-order valence-corrected chi connectivity index (χ0v) is 14.1. The van der Waals surface area contributed by atoms with E-state index in [1.807, 2.05) is 42.2 Å². The second kappa shape index (κ2) is 7.69. The van der Waals surface area contributed by atoms with E-state index >= 15 is 0 Å². The van der Waals surface area contributed by atoms with Crippen molar-refractivity contribution < 1.29 is 19.1 Å². The van der Waals surface area contributed by atoms with Gasteiger partial charge in [0.25, 0.3) is 0 Å². The number of likely N-dealkylation sites (tertiary alicyclic amines) is 1. The van der Waals surface area contributed by atoms with Crippen LogP contribution in [0, 0.1) is 11.8 Å². The third-order valence-electron chi connectivity index (χ3n) is 4.54. The molecule has 5 nitrogen and oxygen atoms in total. The molecular formula is C19H25NO4. The first-order chi connectivity index (χ1) is 11.6. The first-order valence-electron chi connectivity index (χ1n) is 8.80. The number of benzene rings is 1. The number of carbonyl (C=O) groups is 2. The number of para-hydroxylation sites is 1. The van der Waals surface area contributed by atoms with Crippen LogP contribution in [0.1, 0.15) is 32.6 Å². The van der Waals surface area contributed by atoms with Gasteiger partial charge in [0.1, 0.15) is 18.5 Å². The fraction of sp³-hybridized carbons (Fsp3) is 0.579. The van der Waals surface area contributed by atoms with E-state index in [0.29, 0.717) is 13.2 Å². The van der Waals surface area contributed by atoms with Crippen LogP contribution >= 0.6 is 0 Å². The fourth-order valence-corrected chi connectivity index (χ4v) is 3.02. The van der Waals surface area contributed by atoms with Gasteiger partial charge in [0, 0.05) is 19.0 Å². The molecule has 1 amide bonds. The molecule has 0 aromatic heterocycles. The van der Waals surface area contributed by atoms with Crippen molar-refractivity contribution >= 4 is 11.9 Å². The molecular weight excluding hydrogens is 306 g/mol. The highest BCUT2D eigenvalue weighted by Crippen LogP contribution is 2.32. The van der Waals surface area contributed by atoms with Crippen LogP contribution in [0.25, 0.3) is 0 Å². The van der Waals surface area contributed by atoms with Crippen LogP contribution in [-0.4, -0.2) is 42.6 Å². The van der Waals surface area contributed by atoms with Gasteiger partial charge in [-0.1, -0.05) is 18.2 Å². The van der Waals surface area contributed by atoms with Crippen LogP contribution in [-0.2, 0) is 14.3 Å². The van der Waals surface area contributed by atoms with Crippen LogP contribution < -0.4 is 4.74 Å². The Labute approximate surface area is 142 Å². The minimum atomic E-state index is -0.313. The largest absolute Gasteiger partial charge is 0.490 e. The number of nitrogens with zero attached hydrogens (tertiary/aromatic N) is 1. The Morgan fingerprint density at radius 1 is 1.17 bits per heavy atom. The molecule has 2 fully saturated rings. The summed E-state index contributed by atoms with van der Waals surface area (Å²) in [6.45, 7) is 3.43. The third kappa shape index (κ3) is 4.49. The van der Waals surface area contributed by atoms with Gasteiger partial charge in [0.05, 0.1) is 5.92 Å². The van der Waals surface area contributed by atoms with E-state index in [1.54, 1.807) is 0 Å². The molecule has 0 spiro atoms. The molecule has 0 unspecified atom stereocenters. The van der Waals surface area contributed by atoms with Gasteiger partial charge in [-0.25, -0.2) is 0 Å². The number of ether oxygens (including phenoxy) is 2. The Hall–Kier alpha value is -2.04. The van der Waals surface area contributed by atoms with Crippen LogP contribution in [0.2, 0.25) is 0 Å². The second-order valence-electron chi connectivity index (χ2n) is 6.77. The summed E-state index contributed by atoms with van der Waals surface area (Å²) in [6.07, 6.45) is 3.34. The van der Waals surface area contributed by atoms with Crippen molar-refractivity contribution in [2.24, 2.45) is 11.8 Å². The highest BCUT2D eigenvalue weighted by Gasteiger charge is 2.37. The molecule has 24 heavy (non-hydrogen) atoms. The van der Waals surface area contributed by atoms with E-state index in [1.165, 1.54) is 0 Å². The number of carbonyl (C=O) groups excluding carboxylic acids is 2. The van der Waals surface area contributed by atoms with Gasteiger partial charge in [0.15, 0.2) is 0 Å². The van der Waals surface area contributed by atoms with Crippen LogP contribution in [0.15, 0.2) is 30.3 Å². The van der Waals surface area contributed by atoms with E-state index < -0.39 is 0 Å². The smallest absolute Gasteiger partial charge is 0.311 e. The first-order valence-corrected chi connectivity index (χ1v) is 8.80. The number of hydrogen-bond acceptors (Lipinski definition) is 4. The Kier molecular flexibility index (Phi) is 5.38. The summed E-state index contributed by atoms with van der Waals surface area (Å²) in [5.41, 5.74) is 0. The minimum Gasteiger partial charge on any atom is -0.490 e. The molecule has 1 aliphatic carbocycles. The lowest BCUT2D eigenvalue weighted by molar-refractivity contribution is -0.157. The van der Waals surface area contributed by atoms with E-state index in [-0.39, 0.29) is 29.8 Å². The fourth-order valence-electron chi connectivity index (χ4n) is 3.02. The Bertz CT molecular complexity index is 570. The van der Waals surface area contributed by atoms with Gasteiger partial charge in [-0.05, 0) is 44.7 Å². The lowest BCUT2D eigenvalue weighted by atomic mass is 9.98. The molecule has 1 aromatic carbocycles. The number of amides is 1. The quantitative estimate of drug-likeness (QED) is 0.752. The standard InChI is InChI=1S/C19H25NO4/c1-14(13-23-17-7-3-2-4-8-17)24-19(22)16-6-5-11-20(12-16)18(21)15-9-10-15/h2-4,7-8,14-16H,5-6,9-13H2,1H3/t14-,16-/m0/s1. The Morgan fingerprint density at radius 2 is 1.92 bits per heavy atom. The van der Waals surface area contributed by atoms with E-state index in [2.05, 4.69) is 0 Å². The minimum absolute atomic E-state index is 0.206. The molecule has 1 aliphatic heterocycles. The lowest BCUT2D eigenvalue weighted by Crippen LogP contribution is -2.44. The molecule has 1 heterocycles. The van der Waals surface area contributed by atoms with Gasteiger partial charge in [-0.3, -0.25) is 9.59 Å². The molecule has 3 rings (SSSR count). The SMILES string of the molecule is C[C@@H](COc1ccccc1)OC(=O)[C@H]1CCCN(C(=O)C2CC2)C1. The summed E-state index contributed by atoms with van der Waals surface area (Å²) in [4.78, 5) is 26.4. The van der Waals surface area contributed by atoms with Crippen molar-refractivity contribution in [2.45, 2.75) is 38.7 Å². The number of esters is 1. The van der Waals surface area contributed by atoms with E-state index in [4.69, 9.17) is 9.47 Å². The van der Waals surface area contributed by atoms with Crippen molar-refractivity contribution in [1.29, 1.82) is 0 Å². The maximum absolute atomic E-state index is 12.4. The number of piperidine rings is 1. The van der Waals surface area contributed by atoms with Crippen molar-refractivity contribution in [3.05, 3.63) is 30.3 Å². The maximum atomic E-state index is 12.4. The predicted molar refractivity (Wildman–Crippen MR) is 89.5 cm³/mol. The average Bonchev–Trinajstić information content (AvgIpc) is 3.45. The predicted octanol–water partition coefficient (Wildman–Crippen LogP) is 2.65. The van der Waals surface area contributed by atoms with E-state index in [9.17, 15) is 9.59 Å². The molecule has 2 atom stereocenters. The molecule has 2 aliphatic rings. The zero-order chi connectivity index (χ0) is 16.9. The van der Waals surface area contributed by atoms with Gasteiger partial charge in [-0.2, -0.15) is 0 Å². The summed E-state index contributed by atoms with van der Waals surface area (Å²) >= 11 is 0. The van der Waals surface area contributed by atoms with Gasteiger partial charge in [-0.15, -0.1) is 0 Å². The molecule has 130 valence electrons. The van der Waals surface area contributed by atoms with E-state index in [0.717, 1.165) is 38.0 Å². The second-order valence-corrected chi connectivity index (χ2v) is 6.77. The molecule has 0 N–H and O–H groups in total.